The lowest BCUT2D eigenvalue weighted by Crippen LogP contribution is -2.09. The molecular weight excluding hydrogens is 361 g/mol. The van der Waals surface area contributed by atoms with Crippen molar-refractivity contribution in [3.63, 3.8) is 0 Å². The van der Waals surface area contributed by atoms with Gasteiger partial charge in [0, 0.05) is 17.2 Å². The molecule has 0 N–H and O–H groups in total. The molecule has 3 aromatic carbocycles. The van der Waals surface area contributed by atoms with Gasteiger partial charge in [-0.05, 0) is 29.3 Å². The minimum atomic E-state index is -0.496. The van der Waals surface area contributed by atoms with Crippen LogP contribution in [0.5, 0.6) is 5.75 Å². The molecule has 3 aromatic rings. The molecule has 126 valence electrons. The van der Waals surface area contributed by atoms with Crippen LogP contribution in [0.3, 0.4) is 0 Å². The van der Waals surface area contributed by atoms with Gasteiger partial charge in [-0.1, -0.05) is 65.7 Å². The van der Waals surface area contributed by atoms with Crippen LogP contribution in [0.15, 0.2) is 72.8 Å². The lowest BCUT2D eigenvalue weighted by Gasteiger charge is -2.21. The van der Waals surface area contributed by atoms with Crippen molar-refractivity contribution in [2.45, 2.75) is 6.10 Å². The summed E-state index contributed by atoms with van der Waals surface area (Å²) in [6.07, 6.45) is -0.419. The van der Waals surface area contributed by atoms with Crippen molar-refractivity contribution >= 4 is 28.9 Å². The minimum Gasteiger partial charge on any atom is -0.479 e. The Hall–Kier alpha value is -2.56. The van der Waals surface area contributed by atoms with Crippen LogP contribution in [0.25, 0.3) is 0 Å². The quantitative estimate of drug-likeness (QED) is 0.402. The van der Waals surface area contributed by atoms with Crippen molar-refractivity contribution in [1.82, 2.24) is 0 Å². The first-order valence-electron chi connectivity index (χ1n) is 7.45. The maximum Gasteiger partial charge on any atom is 0.271 e. The van der Waals surface area contributed by atoms with Gasteiger partial charge >= 0.3 is 0 Å². The van der Waals surface area contributed by atoms with Gasteiger partial charge in [0.1, 0.15) is 11.9 Å². The molecule has 1 atom stereocenters. The van der Waals surface area contributed by atoms with Gasteiger partial charge in [-0.15, -0.1) is 0 Å². The number of rotatable bonds is 5. The van der Waals surface area contributed by atoms with E-state index in [9.17, 15) is 10.1 Å². The first-order chi connectivity index (χ1) is 12.0. The van der Waals surface area contributed by atoms with Gasteiger partial charge in [-0.3, -0.25) is 10.1 Å². The summed E-state index contributed by atoms with van der Waals surface area (Å²) in [6, 6.07) is 21.1. The second kappa shape index (κ2) is 7.55. The fourth-order valence-electron chi connectivity index (χ4n) is 2.42. The van der Waals surface area contributed by atoms with Gasteiger partial charge in [0.15, 0.2) is 0 Å². The molecule has 0 bridgehead atoms. The van der Waals surface area contributed by atoms with Crippen LogP contribution in [0, 0.1) is 10.1 Å². The van der Waals surface area contributed by atoms with E-state index in [-0.39, 0.29) is 10.7 Å². The molecule has 0 radical (unpaired) electrons. The zero-order valence-electron chi connectivity index (χ0n) is 12.9. The molecule has 0 saturated heterocycles. The van der Waals surface area contributed by atoms with Crippen LogP contribution < -0.4 is 4.74 Å². The molecule has 0 amide bonds. The average Bonchev–Trinajstić information content (AvgIpc) is 2.62. The smallest absolute Gasteiger partial charge is 0.271 e. The van der Waals surface area contributed by atoms with Gasteiger partial charge in [0.2, 0.25) is 0 Å². The van der Waals surface area contributed by atoms with E-state index < -0.39 is 11.0 Å². The topological polar surface area (TPSA) is 52.4 Å². The monoisotopic (exact) mass is 373 g/mol. The molecule has 3 rings (SSSR count). The van der Waals surface area contributed by atoms with Crippen LogP contribution in [0.1, 0.15) is 17.2 Å². The van der Waals surface area contributed by atoms with Crippen LogP contribution in [0.4, 0.5) is 5.69 Å². The van der Waals surface area contributed by atoms with Crippen molar-refractivity contribution in [1.29, 1.82) is 0 Å². The van der Waals surface area contributed by atoms with Gasteiger partial charge in [-0.2, -0.15) is 0 Å². The first kappa shape index (κ1) is 17.3. The maximum atomic E-state index is 10.9. The van der Waals surface area contributed by atoms with E-state index in [0.717, 1.165) is 11.1 Å². The number of hydrogen-bond acceptors (Lipinski definition) is 3. The molecule has 0 aliphatic rings. The molecule has 0 spiro atoms. The number of nitro groups is 1. The molecule has 0 aliphatic heterocycles. The Morgan fingerprint density at radius 1 is 0.880 bits per heavy atom. The second-order valence-electron chi connectivity index (χ2n) is 5.33. The Bertz CT molecular complexity index is 883. The number of hydrogen-bond donors (Lipinski definition) is 0. The van der Waals surface area contributed by atoms with Crippen molar-refractivity contribution < 1.29 is 9.66 Å². The Morgan fingerprint density at radius 3 is 2.12 bits per heavy atom. The van der Waals surface area contributed by atoms with Crippen molar-refractivity contribution in [2.24, 2.45) is 0 Å². The largest absolute Gasteiger partial charge is 0.479 e. The number of nitrogens with zero attached hydrogens (tertiary/aromatic N) is 1. The zero-order valence-corrected chi connectivity index (χ0v) is 14.4. The molecule has 0 unspecified atom stereocenters. The molecule has 4 nitrogen and oxygen atoms in total. The number of halogens is 2. The molecule has 0 aromatic heterocycles. The first-order valence-corrected chi connectivity index (χ1v) is 8.21. The maximum absolute atomic E-state index is 10.9. The van der Waals surface area contributed by atoms with E-state index in [4.69, 9.17) is 27.9 Å². The van der Waals surface area contributed by atoms with Gasteiger partial charge < -0.3 is 4.74 Å². The third-order valence-corrected chi connectivity index (χ3v) is 4.19. The zero-order chi connectivity index (χ0) is 17.8. The fourth-order valence-corrected chi connectivity index (χ4v) is 2.77. The highest BCUT2D eigenvalue weighted by molar-refractivity contribution is 6.32. The third kappa shape index (κ3) is 4.10. The predicted octanol–water partition coefficient (Wildman–Crippen LogP) is 6.07. The lowest BCUT2D eigenvalue weighted by atomic mass is 10.0. The number of non-ortho nitro benzene ring substituents is 1. The third-order valence-electron chi connectivity index (χ3n) is 3.65. The summed E-state index contributed by atoms with van der Waals surface area (Å²) >= 11 is 12.1. The normalized spacial score (nSPS) is 11.8. The molecular formula is C19H13Cl2NO3. The van der Waals surface area contributed by atoms with Crippen LogP contribution in [0.2, 0.25) is 10.0 Å². The molecule has 0 fully saturated rings. The molecule has 0 saturated carbocycles. The van der Waals surface area contributed by atoms with Crippen LogP contribution in [-0.4, -0.2) is 4.92 Å². The summed E-state index contributed by atoms with van der Waals surface area (Å²) < 4.78 is 6.09. The highest BCUT2D eigenvalue weighted by atomic mass is 35.5. The standard InChI is InChI=1S/C19H13Cl2NO3/c20-15-8-6-14(7-9-15)19(13-4-2-1-3-5-13)25-18-11-10-16(22(23)24)12-17(18)21/h1-12,19H/t19-/m0/s1. The number of ether oxygens (including phenoxy) is 1. The van der Waals surface area contributed by atoms with E-state index >= 15 is 0 Å². The predicted molar refractivity (Wildman–Crippen MR) is 98.5 cm³/mol. The van der Waals surface area contributed by atoms with Crippen molar-refractivity contribution in [3.8, 4) is 5.75 Å². The highest BCUT2D eigenvalue weighted by Gasteiger charge is 2.19. The SMILES string of the molecule is O=[N+]([O-])c1ccc(O[C@@H](c2ccccc2)c2ccc(Cl)cc2)c(Cl)c1. The Balaban J connectivity index is 1.98. The fraction of sp³-hybridized carbons (Fsp3) is 0.0526. The number of nitro benzene ring substituents is 1. The molecule has 25 heavy (non-hydrogen) atoms. The minimum absolute atomic E-state index is 0.0832. The highest BCUT2D eigenvalue weighted by Crippen LogP contribution is 2.35. The lowest BCUT2D eigenvalue weighted by molar-refractivity contribution is -0.384. The van der Waals surface area contributed by atoms with E-state index in [1.807, 2.05) is 42.5 Å². The summed E-state index contributed by atoms with van der Waals surface area (Å²) in [7, 11) is 0. The van der Waals surface area contributed by atoms with E-state index in [1.165, 1.54) is 18.2 Å². The average molecular weight is 374 g/mol. The molecule has 0 heterocycles. The second-order valence-corrected chi connectivity index (χ2v) is 6.18. The van der Waals surface area contributed by atoms with E-state index in [0.29, 0.717) is 10.8 Å². The summed E-state index contributed by atoms with van der Waals surface area (Å²) in [5.41, 5.74) is 1.74. The van der Waals surface area contributed by atoms with Gasteiger partial charge in [0.05, 0.1) is 9.95 Å². The molecule has 0 aliphatic carbocycles. The Labute approximate surface area is 154 Å². The van der Waals surface area contributed by atoms with E-state index in [2.05, 4.69) is 0 Å². The summed E-state index contributed by atoms with van der Waals surface area (Å²) in [5, 5.41) is 11.7. The molecule has 6 heteroatoms. The van der Waals surface area contributed by atoms with Gasteiger partial charge in [-0.25, -0.2) is 0 Å². The Morgan fingerprint density at radius 2 is 1.52 bits per heavy atom. The van der Waals surface area contributed by atoms with E-state index in [1.54, 1.807) is 12.1 Å². The van der Waals surface area contributed by atoms with Crippen molar-refractivity contribution in [3.05, 3.63) is 104 Å². The Kier molecular flexibility index (Phi) is 5.22. The van der Waals surface area contributed by atoms with Crippen LogP contribution >= 0.6 is 23.2 Å². The summed E-state index contributed by atoms with van der Waals surface area (Å²) in [5.74, 6) is 0.371. The van der Waals surface area contributed by atoms with Crippen molar-refractivity contribution in [2.75, 3.05) is 0 Å². The summed E-state index contributed by atoms with van der Waals surface area (Å²) in [6.45, 7) is 0. The van der Waals surface area contributed by atoms with Crippen LogP contribution in [-0.2, 0) is 0 Å². The summed E-state index contributed by atoms with van der Waals surface area (Å²) in [4.78, 5) is 10.4. The van der Waals surface area contributed by atoms with Gasteiger partial charge in [0.25, 0.3) is 5.69 Å². The number of benzene rings is 3.